The molecule has 63 heavy (non-hydrogen) atoms. The first-order valence-corrected chi connectivity index (χ1v) is 25.8. The van der Waals surface area contributed by atoms with Crippen molar-refractivity contribution in [1.82, 2.24) is 19.1 Å². The van der Waals surface area contributed by atoms with Crippen LogP contribution in [0.25, 0.3) is 0 Å². The molecule has 2 aliphatic rings. The van der Waals surface area contributed by atoms with E-state index < -0.39 is 127 Å². The normalized spacial score (nSPS) is 25.6. The summed E-state index contributed by atoms with van der Waals surface area (Å²) in [6.45, 7) is -0.0885. The van der Waals surface area contributed by atoms with Gasteiger partial charge in [-0.1, -0.05) is 11.8 Å². The summed E-state index contributed by atoms with van der Waals surface area (Å²) in [5.41, 5.74) is -2.25. The van der Waals surface area contributed by atoms with Gasteiger partial charge in [0.2, 0.25) is 0 Å². The Kier molecular flexibility index (Phi) is 19.1. The molecule has 4 rings (SSSR count). The van der Waals surface area contributed by atoms with Crippen molar-refractivity contribution in [2.24, 2.45) is 0 Å². The van der Waals surface area contributed by atoms with Gasteiger partial charge in [-0.2, -0.15) is 17.2 Å². The van der Waals surface area contributed by atoms with Crippen LogP contribution in [0.2, 0.25) is 0 Å². The SMILES string of the molecule is C#CCOP(=O)(O)OP(=O)(O)OP(=O)(O)OC[C@@H]1CC[C@H](n2cc(C)c(=O)[nH]c2=O)O1.C#CCOP(=O)(O)OP(=O)(O)OP(=O)(O)OC[C@H]1O[C@@H](n2cc(C)c(=O)[nH]c2=O)C[C@@H]1O. The van der Waals surface area contributed by atoms with Crippen molar-refractivity contribution < 1.29 is 107 Å². The molecular formula is C26H38N4O27P6. The van der Waals surface area contributed by atoms with Crippen molar-refractivity contribution in [2.75, 3.05) is 26.4 Å². The highest BCUT2D eigenvalue weighted by molar-refractivity contribution is 7.67. The van der Waals surface area contributed by atoms with Gasteiger partial charge in [-0.3, -0.25) is 46.8 Å². The van der Waals surface area contributed by atoms with Gasteiger partial charge in [-0.25, -0.2) is 37.0 Å². The van der Waals surface area contributed by atoms with Crippen LogP contribution in [-0.2, 0) is 72.2 Å². The van der Waals surface area contributed by atoms with E-state index in [-0.39, 0.29) is 30.4 Å². The Hall–Kier alpha value is -2.82. The van der Waals surface area contributed by atoms with Crippen molar-refractivity contribution in [1.29, 1.82) is 0 Å². The van der Waals surface area contributed by atoms with E-state index in [1.807, 2.05) is 4.98 Å². The van der Waals surface area contributed by atoms with E-state index in [9.17, 15) is 81.0 Å². The molecule has 37 heteroatoms. The molecule has 6 unspecified atom stereocenters. The Morgan fingerprint density at radius 2 is 1.03 bits per heavy atom. The predicted molar refractivity (Wildman–Crippen MR) is 205 cm³/mol. The third kappa shape index (κ3) is 17.8. The molecule has 2 saturated heterocycles. The van der Waals surface area contributed by atoms with Crippen molar-refractivity contribution in [3.8, 4) is 24.7 Å². The number of aromatic amines is 2. The van der Waals surface area contributed by atoms with Crippen molar-refractivity contribution in [3.05, 3.63) is 65.2 Å². The first kappa shape index (κ1) is 54.5. The highest BCUT2D eigenvalue weighted by Crippen LogP contribution is 2.69. The molecule has 0 radical (unpaired) electrons. The summed E-state index contributed by atoms with van der Waals surface area (Å²) in [5, 5.41) is 10.1. The molecule has 9 N–H and O–H groups in total. The summed E-state index contributed by atoms with van der Waals surface area (Å²) in [6, 6.07) is 0. The minimum Gasteiger partial charge on any atom is -0.390 e. The Morgan fingerprint density at radius 1 is 0.635 bits per heavy atom. The fourth-order valence-corrected chi connectivity index (χ4v) is 11.7. The number of rotatable bonds is 20. The van der Waals surface area contributed by atoms with Gasteiger partial charge >= 0.3 is 58.3 Å². The average molecular weight is 1020 g/mol. The summed E-state index contributed by atoms with van der Waals surface area (Å²) in [5.74, 6) is 3.59. The third-order valence-corrected chi connectivity index (χ3v) is 15.9. The Labute approximate surface area is 352 Å². The van der Waals surface area contributed by atoms with E-state index in [1.54, 1.807) is 11.8 Å². The van der Waals surface area contributed by atoms with Crippen LogP contribution in [0.3, 0.4) is 0 Å². The number of H-pyrrole nitrogens is 2. The van der Waals surface area contributed by atoms with Crippen LogP contribution in [0.15, 0.2) is 31.6 Å². The van der Waals surface area contributed by atoms with Gasteiger partial charge in [0.1, 0.15) is 31.8 Å². The Bertz CT molecular complexity index is 2590. The fraction of sp³-hybridized carbons (Fsp3) is 0.538. The van der Waals surface area contributed by atoms with Crippen LogP contribution in [0.4, 0.5) is 0 Å². The van der Waals surface area contributed by atoms with Gasteiger partial charge in [0.05, 0.1) is 25.4 Å². The fourth-order valence-electron chi connectivity index (χ4n) is 4.88. The lowest BCUT2D eigenvalue weighted by atomic mass is 10.2. The van der Waals surface area contributed by atoms with Crippen LogP contribution >= 0.6 is 46.9 Å². The lowest BCUT2D eigenvalue weighted by molar-refractivity contribution is -0.0450. The quantitative estimate of drug-likeness (QED) is 0.0623. The zero-order chi connectivity index (χ0) is 47.8. The van der Waals surface area contributed by atoms with E-state index in [4.69, 9.17) is 22.3 Å². The van der Waals surface area contributed by atoms with Crippen LogP contribution in [0.5, 0.6) is 0 Å². The number of terminal acetylenes is 2. The zero-order valence-corrected chi connectivity index (χ0v) is 37.4. The average Bonchev–Trinajstić information content (AvgIpc) is 3.76. The van der Waals surface area contributed by atoms with Gasteiger partial charge in [0, 0.05) is 29.9 Å². The molecule has 2 aromatic rings. The number of hydrogen-bond acceptors (Lipinski definition) is 21. The molecule has 0 bridgehead atoms. The van der Waals surface area contributed by atoms with E-state index in [0.717, 1.165) is 9.13 Å². The minimum absolute atomic E-state index is 0.169. The molecule has 0 aromatic carbocycles. The second kappa shape index (κ2) is 22.1. The molecule has 2 fully saturated rings. The van der Waals surface area contributed by atoms with Crippen LogP contribution < -0.4 is 22.5 Å². The molecule has 2 aromatic heterocycles. The smallest absolute Gasteiger partial charge is 0.390 e. The molecule has 0 amide bonds. The monoisotopic (exact) mass is 1020 g/mol. The zero-order valence-electron chi connectivity index (χ0n) is 32.0. The van der Waals surface area contributed by atoms with E-state index >= 15 is 0 Å². The standard InChI is InChI=1S/C13H19N2O14P3.C13H19N2O13P3/c1-3-4-25-30(19,20)28-32(23,24)29-31(21,22)26-7-10-9(16)5-11(27-10)15-6-8(2)12(17)14-13(15)18;1-3-6-24-29(18,19)27-31(22,23)28-30(20,21)25-8-10-4-5-11(26-10)15-7-9(2)12(16)14-13(15)17/h1,6,9-11,16H,4-5,7H2,2H3,(H,19,20)(H,21,22)(H,23,24)(H,14,17,18);1,7,10-11H,4-6,8H2,2H3,(H,18,19)(H,20,21)(H,22,23)(H,14,16,17)/t9-,10+,11+;10-,11+/m00/s1. The van der Waals surface area contributed by atoms with E-state index in [1.165, 1.54) is 26.2 Å². The third-order valence-electron chi connectivity index (χ3n) is 7.47. The maximum absolute atomic E-state index is 11.9. The minimum atomic E-state index is -5.66. The highest BCUT2D eigenvalue weighted by atomic mass is 31.3. The van der Waals surface area contributed by atoms with Crippen molar-refractivity contribution >= 4 is 46.9 Å². The highest BCUT2D eigenvalue weighted by Gasteiger charge is 2.45. The van der Waals surface area contributed by atoms with Gasteiger partial charge in [-0.15, -0.1) is 12.8 Å². The summed E-state index contributed by atoms with van der Waals surface area (Å²) < 4.78 is 116. The van der Waals surface area contributed by atoms with Gasteiger partial charge in [-0.05, 0) is 26.7 Å². The van der Waals surface area contributed by atoms with E-state index in [2.05, 4.69) is 40.3 Å². The number of phosphoric ester groups is 4. The van der Waals surface area contributed by atoms with Crippen LogP contribution in [0.1, 0.15) is 42.8 Å². The Balaban J connectivity index is 0.000000335. The molecule has 4 heterocycles. The number of aliphatic hydroxyl groups excluding tert-OH is 1. The molecule has 2 aliphatic heterocycles. The predicted octanol–water partition coefficient (Wildman–Crippen LogP) is 0.0176. The summed E-state index contributed by atoms with van der Waals surface area (Å²) in [7, 11) is -32.3. The summed E-state index contributed by atoms with van der Waals surface area (Å²) in [4.78, 5) is 107. The number of hydrogen-bond donors (Lipinski definition) is 9. The summed E-state index contributed by atoms with van der Waals surface area (Å²) in [6.07, 6.45) is 7.14. The molecular weight excluding hydrogens is 986 g/mol. The number of nitrogens with zero attached hydrogens (tertiary/aromatic N) is 2. The van der Waals surface area contributed by atoms with Gasteiger partial charge in [0.15, 0.2) is 0 Å². The van der Waals surface area contributed by atoms with Crippen molar-refractivity contribution in [2.45, 2.75) is 63.9 Å². The molecule has 354 valence electrons. The first-order valence-electron chi connectivity index (χ1n) is 16.8. The largest absolute Gasteiger partial charge is 0.490 e. The lowest BCUT2D eigenvalue weighted by Gasteiger charge is -2.20. The maximum atomic E-state index is 11.9. The number of aromatic nitrogens is 4. The molecule has 0 aliphatic carbocycles. The van der Waals surface area contributed by atoms with Crippen LogP contribution in [0, 0.1) is 38.5 Å². The molecule has 31 nitrogen and oxygen atoms in total. The molecule has 0 spiro atoms. The second-order valence-corrected chi connectivity index (χ2v) is 21.6. The van der Waals surface area contributed by atoms with Gasteiger partial charge in [0.25, 0.3) is 11.1 Å². The van der Waals surface area contributed by atoms with Crippen molar-refractivity contribution in [3.63, 3.8) is 0 Å². The molecule has 11 atom stereocenters. The number of nitrogens with one attached hydrogen (secondary N) is 2. The first-order chi connectivity index (χ1) is 28.9. The number of ether oxygens (including phenoxy) is 2. The number of aryl methyl sites for hydroxylation is 2. The van der Waals surface area contributed by atoms with E-state index in [0.29, 0.717) is 0 Å². The van der Waals surface area contributed by atoms with Crippen LogP contribution in [-0.4, -0.2) is 98.3 Å². The lowest BCUT2D eigenvalue weighted by Crippen LogP contribution is -2.33. The summed E-state index contributed by atoms with van der Waals surface area (Å²) >= 11 is 0. The second-order valence-electron chi connectivity index (χ2n) is 12.4. The Morgan fingerprint density at radius 3 is 1.46 bits per heavy atom. The topological polar surface area (TPSA) is 446 Å². The number of aliphatic hydroxyl groups is 1. The maximum Gasteiger partial charge on any atom is 0.490 e. The van der Waals surface area contributed by atoms with Gasteiger partial charge < -0.3 is 43.9 Å². The molecule has 0 saturated carbocycles. The number of phosphoric acid groups is 6.